The molecule has 2 aliphatic rings. The second-order valence-electron chi connectivity index (χ2n) is 7.07. The normalized spacial score (nSPS) is 19.6. The molecule has 0 aromatic heterocycles. The first-order chi connectivity index (χ1) is 13.2. The zero-order valence-electron chi connectivity index (χ0n) is 15.3. The highest BCUT2D eigenvalue weighted by atomic mass is 32.2. The molecule has 1 atom stereocenters. The fourth-order valence-corrected chi connectivity index (χ4v) is 5.12. The van der Waals surface area contributed by atoms with Crippen LogP contribution in [0.4, 0.5) is 21.9 Å². The molecule has 2 aromatic carbocycles. The predicted molar refractivity (Wildman–Crippen MR) is 106 cm³/mol. The van der Waals surface area contributed by atoms with Crippen molar-refractivity contribution >= 4 is 39.1 Å². The summed E-state index contributed by atoms with van der Waals surface area (Å²) in [7, 11) is -3.34. The van der Waals surface area contributed by atoms with Crippen molar-refractivity contribution in [2.24, 2.45) is 0 Å². The third-order valence-corrected chi connectivity index (χ3v) is 6.25. The van der Waals surface area contributed by atoms with Gasteiger partial charge >= 0.3 is 6.09 Å². The van der Waals surface area contributed by atoms with Gasteiger partial charge in [0.25, 0.3) is 0 Å². The molecule has 2 heterocycles. The maximum Gasteiger partial charge on any atom is 0.411 e. The summed E-state index contributed by atoms with van der Waals surface area (Å²) in [6.07, 6.45) is -1.09. The van der Waals surface area contributed by atoms with Crippen molar-refractivity contribution in [3.8, 4) is 11.1 Å². The maximum absolute atomic E-state index is 12.1. The second kappa shape index (κ2) is 6.23. The van der Waals surface area contributed by atoms with E-state index in [-0.39, 0.29) is 24.2 Å². The summed E-state index contributed by atoms with van der Waals surface area (Å²) in [4.78, 5) is 26.7. The molecule has 0 bridgehead atoms. The minimum Gasteiger partial charge on any atom is -0.465 e. The molecule has 2 aliphatic heterocycles. The van der Waals surface area contributed by atoms with Crippen LogP contribution in [0.25, 0.3) is 11.1 Å². The number of carbonyl (C=O) groups excluding carboxylic acids is 1. The van der Waals surface area contributed by atoms with E-state index in [0.29, 0.717) is 22.6 Å². The lowest BCUT2D eigenvalue weighted by atomic mass is 9.99. The first-order valence-corrected chi connectivity index (χ1v) is 10.4. The highest BCUT2D eigenvalue weighted by Crippen LogP contribution is 2.40. The van der Waals surface area contributed by atoms with Gasteiger partial charge in [-0.1, -0.05) is 12.1 Å². The van der Waals surface area contributed by atoms with Crippen LogP contribution in [-0.2, 0) is 20.6 Å². The fourth-order valence-electron chi connectivity index (χ4n) is 3.87. The van der Waals surface area contributed by atoms with Crippen LogP contribution in [-0.4, -0.2) is 38.1 Å². The SMILES string of the molecule is CC(=O)N1c2ccc(-c3ccc4c(c3)CS(=O)(=O)N4)cc2N(C(=O)O)C[C@@H]1C. The zero-order valence-corrected chi connectivity index (χ0v) is 16.2. The van der Waals surface area contributed by atoms with Crippen LogP contribution in [0.15, 0.2) is 36.4 Å². The highest BCUT2D eigenvalue weighted by Gasteiger charge is 2.33. The van der Waals surface area contributed by atoms with Gasteiger partial charge in [0.2, 0.25) is 15.9 Å². The van der Waals surface area contributed by atoms with Crippen molar-refractivity contribution < 1.29 is 23.1 Å². The lowest BCUT2D eigenvalue weighted by molar-refractivity contribution is -0.117. The van der Waals surface area contributed by atoms with E-state index in [9.17, 15) is 23.1 Å². The summed E-state index contributed by atoms with van der Waals surface area (Å²) in [5, 5.41) is 9.62. The first-order valence-electron chi connectivity index (χ1n) is 8.74. The molecule has 2 aromatic rings. The molecule has 146 valence electrons. The number of rotatable bonds is 1. The number of nitrogens with one attached hydrogen (secondary N) is 1. The first kappa shape index (κ1) is 18.3. The fraction of sp³-hybridized carbons (Fsp3) is 0.263. The van der Waals surface area contributed by atoms with Gasteiger partial charge in [0, 0.05) is 13.5 Å². The van der Waals surface area contributed by atoms with E-state index in [1.807, 2.05) is 13.0 Å². The Balaban J connectivity index is 1.81. The Kier molecular flexibility index (Phi) is 4.07. The monoisotopic (exact) mass is 401 g/mol. The zero-order chi connectivity index (χ0) is 20.2. The van der Waals surface area contributed by atoms with Crippen molar-refractivity contribution in [3.63, 3.8) is 0 Å². The van der Waals surface area contributed by atoms with Crippen molar-refractivity contribution in [2.75, 3.05) is 21.1 Å². The van der Waals surface area contributed by atoms with Gasteiger partial charge in [-0.2, -0.15) is 0 Å². The van der Waals surface area contributed by atoms with Gasteiger partial charge in [-0.05, 0) is 47.9 Å². The molecule has 0 saturated heterocycles. The number of benzene rings is 2. The summed E-state index contributed by atoms with van der Waals surface area (Å²) >= 11 is 0. The number of hydrogen-bond acceptors (Lipinski definition) is 4. The lowest BCUT2D eigenvalue weighted by Crippen LogP contribution is -2.51. The van der Waals surface area contributed by atoms with E-state index >= 15 is 0 Å². The molecular formula is C19H19N3O5S. The molecule has 2 amide bonds. The number of carboxylic acid groups (broad SMARTS) is 1. The molecule has 0 spiro atoms. The maximum atomic E-state index is 12.1. The van der Waals surface area contributed by atoms with E-state index < -0.39 is 16.1 Å². The molecule has 0 radical (unpaired) electrons. The summed E-state index contributed by atoms with van der Waals surface area (Å²) < 4.78 is 26.0. The third-order valence-electron chi connectivity index (χ3n) is 5.03. The average Bonchev–Trinajstić information content (AvgIpc) is 2.92. The number of hydrogen-bond donors (Lipinski definition) is 2. The topological polar surface area (TPSA) is 107 Å². The molecule has 0 saturated carbocycles. The Hall–Kier alpha value is -3.07. The summed E-state index contributed by atoms with van der Waals surface area (Å²) in [6, 6.07) is 10.3. The van der Waals surface area contributed by atoms with Gasteiger partial charge in [0.1, 0.15) is 0 Å². The van der Waals surface area contributed by atoms with Crippen LogP contribution >= 0.6 is 0 Å². The molecule has 9 heteroatoms. The quantitative estimate of drug-likeness (QED) is 0.764. The molecule has 0 fully saturated rings. The van der Waals surface area contributed by atoms with Gasteiger partial charge in [0.15, 0.2) is 0 Å². The van der Waals surface area contributed by atoms with Crippen LogP contribution in [0, 0.1) is 0 Å². The van der Waals surface area contributed by atoms with Crippen molar-refractivity contribution in [1.29, 1.82) is 0 Å². The molecule has 0 unspecified atom stereocenters. The predicted octanol–water partition coefficient (Wildman–Crippen LogP) is 2.85. The molecule has 0 aliphatic carbocycles. The van der Waals surface area contributed by atoms with Crippen molar-refractivity contribution in [1.82, 2.24) is 0 Å². The molecule has 4 rings (SSSR count). The number of amides is 2. The van der Waals surface area contributed by atoms with Gasteiger partial charge in [0.05, 0.1) is 28.9 Å². The van der Waals surface area contributed by atoms with Crippen LogP contribution in [0.3, 0.4) is 0 Å². The summed E-state index contributed by atoms with van der Waals surface area (Å²) in [5.74, 6) is -0.238. The molecule has 2 N–H and O–H groups in total. The number of nitrogens with zero attached hydrogens (tertiary/aromatic N) is 2. The Bertz CT molecular complexity index is 1110. The van der Waals surface area contributed by atoms with Gasteiger partial charge in [-0.25, -0.2) is 13.2 Å². The van der Waals surface area contributed by atoms with Crippen LogP contribution in [0.5, 0.6) is 0 Å². The van der Waals surface area contributed by atoms with E-state index in [0.717, 1.165) is 11.1 Å². The van der Waals surface area contributed by atoms with E-state index in [2.05, 4.69) is 4.72 Å². The van der Waals surface area contributed by atoms with E-state index in [4.69, 9.17) is 0 Å². The van der Waals surface area contributed by atoms with Crippen LogP contribution < -0.4 is 14.5 Å². The summed E-state index contributed by atoms with van der Waals surface area (Å²) in [5.41, 5.74) is 3.73. The van der Waals surface area contributed by atoms with Crippen molar-refractivity contribution in [2.45, 2.75) is 25.6 Å². The third kappa shape index (κ3) is 2.97. The lowest BCUT2D eigenvalue weighted by Gasteiger charge is -2.39. The minimum atomic E-state index is -3.34. The van der Waals surface area contributed by atoms with Gasteiger partial charge < -0.3 is 10.0 Å². The molecular weight excluding hydrogens is 382 g/mol. The Labute approximate surface area is 162 Å². The summed E-state index contributed by atoms with van der Waals surface area (Å²) in [6.45, 7) is 3.44. The van der Waals surface area contributed by atoms with Crippen molar-refractivity contribution in [3.05, 3.63) is 42.0 Å². The molecule has 8 nitrogen and oxygen atoms in total. The largest absolute Gasteiger partial charge is 0.465 e. The van der Waals surface area contributed by atoms with E-state index in [1.165, 1.54) is 11.8 Å². The van der Waals surface area contributed by atoms with Gasteiger partial charge in [-0.3, -0.25) is 14.4 Å². The smallest absolute Gasteiger partial charge is 0.411 e. The van der Waals surface area contributed by atoms with Crippen LogP contribution in [0.2, 0.25) is 0 Å². The number of sulfonamides is 1. The van der Waals surface area contributed by atoms with Crippen LogP contribution in [0.1, 0.15) is 19.4 Å². The van der Waals surface area contributed by atoms with E-state index in [1.54, 1.807) is 35.2 Å². The Morgan fingerprint density at radius 2 is 1.79 bits per heavy atom. The van der Waals surface area contributed by atoms with Gasteiger partial charge in [-0.15, -0.1) is 0 Å². The Morgan fingerprint density at radius 3 is 2.46 bits per heavy atom. The second-order valence-corrected chi connectivity index (χ2v) is 8.79. The minimum absolute atomic E-state index is 0.0853. The number of fused-ring (bicyclic) bond motifs is 2. The number of carbonyl (C=O) groups is 2. The standard InChI is InChI=1S/C19H19N3O5S/c1-11-9-21(19(24)25)18-8-14(4-6-17(18)22(11)12(2)23)13-3-5-16-15(7-13)10-28(26,27)20-16/h3-8,11,20H,9-10H2,1-2H3,(H,24,25)/t11-/m0/s1. The highest BCUT2D eigenvalue weighted by molar-refractivity contribution is 7.92. The Morgan fingerprint density at radius 1 is 1.11 bits per heavy atom. The molecule has 28 heavy (non-hydrogen) atoms. The number of anilines is 3. The average molecular weight is 401 g/mol.